The maximum Gasteiger partial charge on any atom is 0.0703 e. The molecule has 1 aromatic carbocycles. The number of rotatable bonds is 2. The smallest absolute Gasteiger partial charge is 0.0703 e. The van der Waals surface area contributed by atoms with Gasteiger partial charge in [-0.05, 0) is 30.3 Å². The second kappa shape index (κ2) is 4.33. The third-order valence-electron chi connectivity index (χ3n) is 2.65. The Hall–Kier alpha value is -2.62. The number of nitrogens with two attached hydrogens (primary N) is 1. The zero-order chi connectivity index (χ0) is 12.4. The van der Waals surface area contributed by atoms with Crippen molar-refractivity contribution in [3.05, 3.63) is 55.0 Å². The molecule has 0 bridgehead atoms. The van der Waals surface area contributed by atoms with Crippen LogP contribution in [0.2, 0.25) is 0 Å². The third kappa shape index (κ3) is 2.08. The molecule has 0 saturated carbocycles. The first kappa shape index (κ1) is 10.5. The van der Waals surface area contributed by atoms with Gasteiger partial charge in [0.25, 0.3) is 0 Å². The van der Waals surface area contributed by atoms with Crippen molar-refractivity contribution in [2.24, 2.45) is 0 Å². The number of fused-ring (bicyclic) bond motifs is 1. The van der Waals surface area contributed by atoms with Crippen molar-refractivity contribution in [3.63, 3.8) is 0 Å². The molecule has 0 amide bonds. The Bertz CT molecular complexity index is 694. The number of anilines is 3. The molecule has 0 unspecified atom stereocenters. The monoisotopic (exact) mass is 236 g/mol. The zero-order valence-electron chi connectivity index (χ0n) is 9.67. The highest BCUT2D eigenvalue weighted by Gasteiger charge is 1.98. The lowest BCUT2D eigenvalue weighted by Gasteiger charge is -2.07. The van der Waals surface area contributed by atoms with Crippen LogP contribution in [0.4, 0.5) is 17.1 Å². The van der Waals surface area contributed by atoms with Crippen LogP contribution in [0.3, 0.4) is 0 Å². The van der Waals surface area contributed by atoms with Gasteiger partial charge in [0, 0.05) is 23.5 Å². The van der Waals surface area contributed by atoms with Gasteiger partial charge in [0.1, 0.15) is 0 Å². The fourth-order valence-corrected chi connectivity index (χ4v) is 1.85. The van der Waals surface area contributed by atoms with Crippen LogP contribution in [0.15, 0.2) is 55.0 Å². The van der Waals surface area contributed by atoms with E-state index in [2.05, 4.69) is 15.3 Å². The van der Waals surface area contributed by atoms with E-state index in [0.717, 1.165) is 22.3 Å². The number of nitrogens with one attached hydrogen (secondary N) is 1. The molecule has 0 atom stereocenters. The van der Waals surface area contributed by atoms with Crippen LogP contribution in [-0.2, 0) is 0 Å². The summed E-state index contributed by atoms with van der Waals surface area (Å²) in [6, 6.07) is 11.8. The molecule has 0 aliphatic heterocycles. The molecule has 4 heteroatoms. The maximum atomic E-state index is 5.69. The fraction of sp³-hybridized carbons (Fsp3) is 0. The molecule has 0 aliphatic rings. The van der Waals surface area contributed by atoms with Gasteiger partial charge < -0.3 is 11.1 Å². The summed E-state index contributed by atoms with van der Waals surface area (Å²) in [5.41, 5.74) is 9.17. The molecule has 0 radical (unpaired) electrons. The third-order valence-corrected chi connectivity index (χ3v) is 2.65. The van der Waals surface area contributed by atoms with E-state index in [1.165, 1.54) is 0 Å². The summed E-state index contributed by atoms with van der Waals surface area (Å²) >= 11 is 0. The van der Waals surface area contributed by atoms with Crippen molar-refractivity contribution < 1.29 is 0 Å². The maximum absolute atomic E-state index is 5.69. The number of pyridine rings is 2. The van der Waals surface area contributed by atoms with Crippen LogP contribution >= 0.6 is 0 Å². The normalized spacial score (nSPS) is 10.4. The summed E-state index contributed by atoms with van der Waals surface area (Å²) in [5, 5.41) is 4.36. The van der Waals surface area contributed by atoms with Crippen LogP contribution in [0.1, 0.15) is 0 Å². The first-order chi connectivity index (χ1) is 8.81. The molecule has 3 aromatic rings. The van der Waals surface area contributed by atoms with Gasteiger partial charge in [0.15, 0.2) is 0 Å². The Balaban J connectivity index is 1.95. The Labute approximate surface area is 104 Å². The molecule has 88 valence electrons. The van der Waals surface area contributed by atoms with E-state index >= 15 is 0 Å². The van der Waals surface area contributed by atoms with Crippen LogP contribution in [0, 0.1) is 0 Å². The van der Waals surface area contributed by atoms with Crippen molar-refractivity contribution in [3.8, 4) is 0 Å². The summed E-state index contributed by atoms with van der Waals surface area (Å²) in [5.74, 6) is 0. The van der Waals surface area contributed by atoms with Crippen molar-refractivity contribution >= 4 is 28.0 Å². The van der Waals surface area contributed by atoms with Gasteiger partial charge in [0.05, 0.1) is 23.1 Å². The van der Waals surface area contributed by atoms with Crippen molar-refractivity contribution in [1.82, 2.24) is 9.97 Å². The van der Waals surface area contributed by atoms with Gasteiger partial charge in [-0.1, -0.05) is 6.07 Å². The van der Waals surface area contributed by atoms with E-state index in [0.29, 0.717) is 5.69 Å². The van der Waals surface area contributed by atoms with Crippen LogP contribution in [0.25, 0.3) is 10.9 Å². The summed E-state index contributed by atoms with van der Waals surface area (Å²) in [6.07, 6.45) is 5.15. The molecule has 2 aromatic heterocycles. The average molecular weight is 236 g/mol. The standard InChI is InChI=1S/C14H12N4/c15-11-7-13(9-16-8-11)18-12-3-4-14-10(6-12)2-1-5-17-14/h1-9,18H,15H2. The molecule has 0 saturated heterocycles. The number of benzene rings is 1. The fourth-order valence-electron chi connectivity index (χ4n) is 1.85. The summed E-state index contributed by atoms with van der Waals surface area (Å²) in [6.45, 7) is 0. The van der Waals surface area contributed by atoms with Gasteiger partial charge in [-0.25, -0.2) is 0 Å². The molecule has 0 aliphatic carbocycles. The van der Waals surface area contributed by atoms with E-state index in [1.807, 2.05) is 36.4 Å². The highest BCUT2D eigenvalue weighted by atomic mass is 14.9. The average Bonchev–Trinajstić information content (AvgIpc) is 2.39. The number of nitrogens with zero attached hydrogens (tertiary/aromatic N) is 2. The number of hydrogen-bond acceptors (Lipinski definition) is 4. The molecular weight excluding hydrogens is 224 g/mol. The topological polar surface area (TPSA) is 63.8 Å². The first-order valence-corrected chi connectivity index (χ1v) is 5.63. The van der Waals surface area contributed by atoms with Gasteiger partial charge in [-0.15, -0.1) is 0 Å². The van der Waals surface area contributed by atoms with Crippen LogP contribution in [0.5, 0.6) is 0 Å². The lowest BCUT2D eigenvalue weighted by molar-refractivity contribution is 1.32. The predicted molar refractivity (Wildman–Crippen MR) is 73.7 cm³/mol. The van der Waals surface area contributed by atoms with Crippen LogP contribution in [-0.4, -0.2) is 9.97 Å². The molecular formula is C14H12N4. The van der Waals surface area contributed by atoms with E-state index in [9.17, 15) is 0 Å². The minimum absolute atomic E-state index is 0.641. The number of nitrogen functional groups attached to an aromatic ring is 1. The largest absolute Gasteiger partial charge is 0.397 e. The number of aromatic nitrogens is 2. The first-order valence-electron chi connectivity index (χ1n) is 5.63. The second-order valence-electron chi connectivity index (χ2n) is 4.04. The molecule has 3 rings (SSSR count). The molecule has 2 heterocycles. The number of hydrogen-bond donors (Lipinski definition) is 2. The minimum Gasteiger partial charge on any atom is -0.397 e. The van der Waals surface area contributed by atoms with Gasteiger partial charge in [-0.2, -0.15) is 0 Å². The Kier molecular flexibility index (Phi) is 2.53. The lowest BCUT2D eigenvalue weighted by Crippen LogP contribution is -1.93. The molecule has 0 fully saturated rings. The molecule has 3 N–H and O–H groups in total. The minimum atomic E-state index is 0.641. The van der Waals surface area contributed by atoms with E-state index in [1.54, 1.807) is 18.6 Å². The highest BCUT2D eigenvalue weighted by molar-refractivity contribution is 5.83. The van der Waals surface area contributed by atoms with E-state index in [-0.39, 0.29) is 0 Å². The van der Waals surface area contributed by atoms with E-state index < -0.39 is 0 Å². The van der Waals surface area contributed by atoms with E-state index in [4.69, 9.17) is 5.73 Å². The second-order valence-corrected chi connectivity index (χ2v) is 4.04. The molecule has 0 spiro atoms. The Morgan fingerprint density at radius 1 is 1.00 bits per heavy atom. The van der Waals surface area contributed by atoms with Crippen LogP contribution < -0.4 is 11.1 Å². The summed E-state index contributed by atoms with van der Waals surface area (Å²) in [4.78, 5) is 8.33. The Morgan fingerprint density at radius 2 is 1.94 bits per heavy atom. The zero-order valence-corrected chi connectivity index (χ0v) is 9.67. The van der Waals surface area contributed by atoms with Gasteiger partial charge in [0.2, 0.25) is 0 Å². The van der Waals surface area contributed by atoms with Crippen molar-refractivity contribution in [1.29, 1.82) is 0 Å². The quantitative estimate of drug-likeness (QED) is 0.718. The SMILES string of the molecule is Nc1cncc(Nc2ccc3ncccc3c2)c1. The highest BCUT2D eigenvalue weighted by Crippen LogP contribution is 2.21. The lowest BCUT2D eigenvalue weighted by atomic mass is 10.2. The predicted octanol–water partition coefficient (Wildman–Crippen LogP) is 2.96. The Morgan fingerprint density at radius 3 is 2.83 bits per heavy atom. The molecule has 18 heavy (non-hydrogen) atoms. The summed E-state index contributed by atoms with van der Waals surface area (Å²) < 4.78 is 0. The molecule has 4 nitrogen and oxygen atoms in total. The van der Waals surface area contributed by atoms with Crippen molar-refractivity contribution in [2.75, 3.05) is 11.1 Å². The van der Waals surface area contributed by atoms with Crippen molar-refractivity contribution in [2.45, 2.75) is 0 Å². The summed E-state index contributed by atoms with van der Waals surface area (Å²) in [7, 11) is 0. The van der Waals surface area contributed by atoms with Gasteiger partial charge >= 0.3 is 0 Å². The van der Waals surface area contributed by atoms with Gasteiger partial charge in [-0.3, -0.25) is 9.97 Å².